The average molecular weight is 338 g/mol. The lowest BCUT2D eigenvalue weighted by Crippen LogP contribution is -2.12. The highest BCUT2D eigenvalue weighted by molar-refractivity contribution is 7.94. The largest absolute Gasteiger partial charge is 0.473 e. The lowest BCUT2D eigenvalue weighted by Gasteiger charge is -2.10. The van der Waals surface area contributed by atoms with E-state index in [1.807, 2.05) is 0 Å². The normalized spacial score (nSPS) is 12.2. The highest BCUT2D eigenvalue weighted by Crippen LogP contribution is 2.32. The minimum atomic E-state index is -4.55. The van der Waals surface area contributed by atoms with Gasteiger partial charge in [0.1, 0.15) is 0 Å². The van der Waals surface area contributed by atoms with E-state index in [1.54, 1.807) is 0 Å². The number of benzene rings is 1. The number of thiazole rings is 1. The summed E-state index contributed by atoms with van der Waals surface area (Å²) in [5.74, 6) is 0. The summed E-state index contributed by atoms with van der Waals surface area (Å²) < 4.78 is 68.4. The molecule has 0 fully saturated rings. The first kappa shape index (κ1) is 15.6. The monoisotopic (exact) mass is 338 g/mol. The molecule has 0 radical (unpaired) electrons. The highest BCUT2D eigenvalue weighted by atomic mass is 32.2. The molecule has 0 unspecified atom stereocenters. The second-order valence-electron chi connectivity index (χ2n) is 3.83. The van der Waals surface area contributed by atoms with Crippen LogP contribution >= 0.6 is 11.3 Å². The lowest BCUT2D eigenvalue weighted by atomic mass is 10.2. The Morgan fingerprint density at radius 1 is 1.33 bits per heavy atom. The molecule has 0 aliphatic heterocycles. The molecule has 1 aromatic heterocycles. The van der Waals surface area contributed by atoms with Gasteiger partial charge in [0.25, 0.3) is 15.2 Å². The Bertz CT molecular complexity index is 741. The van der Waals surface area contributed by atoms with Crippen LogP contribution in [0.1, 0.15) is 5.56 Å². The van der Waals surface area contributed by atoms with Crippen LogP contribution in [-0.4, -0.2) is 20.5 Å². The highest BCUT2D eigenvalue weighted by Gasteiger charge is 2.30. The molecular weight excluding hydrogens is 329 g/mol. The Balaban J connectivity index is 2.28. The van der Waals surface area contributed by atoms with Gasteiger partial charge in [0.05, 0.1) is 18.9 Å². The number of alkyl halides is 3. The molecule has 1 heterocycles. The molecule has 1 N–H and O–H groups in total. The van der Waals surface area contributed by atoms with Crippen molar-refractivity contribution in [2.75, 3.05) is 11.8 Å². The molecule has 0 saturated carbocycles. The van der Waals surface area contributed by atoms with E-state index in [1.165, 1.54) is 13.2 Å². The number of methoxy groups -OCH3 is 1. The maximum absolute atomic E-state index is 12.6. The van der Waals surface area contributed by atoms with Gasteiger partial charge in [-0.2, -0.15) is 13.2 Å². The molecule has 0 saturated heterocycles. The van der Waals surface area contributed by atoms with E-state index in [9.17, 15) is 21.6 Å². The molecule has 0 amide bonds. The first-order valence-corrected chi connectivity index (χ1v) is 7.72. The van der Waals surface area contributed by atoms with Crippen LogP contribution in [0.15, 0.2) is 34.7 Å². The van der Waals surface area contributed by atoms with Crippen LogP contribution in [0.2, 0.25) is 0 Å². The van der Waals surface area contributed by atoms with Crippen LogP contribution in [-0.2, 0) is 16.2 Å². The van der Waals surface area contributed by atoms with Gasteiger partial charge < -0.3 is 4.74 Å². The van der Waals surface area contributed by atoms with Crippen LogP contribution in [0.4, 0.5) is 18.9 Å². The average Bonchev–Trinajstić information content (AvgIpc) is 2.87. The second kappa shape index (κ2) is 5.53. The third kappa shape index (κ3) is 3.64. The molecule has 2 rings (SSSR count). The summed E-state index contributed by atoms with van der Waals surface area (Å²) in [5, 5.41) is 0.138. The summed E-state index contributed by atoms with van der Waals surface area (Å²) in [4.78, 5) is 3.70. The maximum atomic E-state index is 12.6. The Kier molecular flexibility index (Phi) is 4.10. The van der Waals surface area contributed by atoms with E-state index < -0.39 is 21.8 Å². The smallest absolute Gasteiger partial charge is 0.416 e. The van der Waals surface area contributed by atoms with E-state index >= 15 is 0 Å². The SMILES string of the molecule is COc1ncc(S(=O)(=O)Nc2cccc(C(F)(F)F)c2)s1. The number of aromatic nitrogens is 1. The first-order valence-electron chi connectivity index (χ1n) is 5.42. The standard InChI is InChI=1S/C11H9F3N2O3S2/c1-19-10-15-6-9(20-10)21(17,18)16-8-4-2-3-7(5-8)11(12,13)14/h2-6,16H,1H3. The van der Waals surface area contributed by atoms with E-state index in [0.717, 1.165) is 35.7 Å². The van der Waals surface area contributed by atoms with Gasteiger partial charge in [0.2, 0.25) is 0 Å². The van der Waals surface area contributed by atoms with Crippen molar-refractivity contribution >= 4 is 27.0 Å². The lowest BCUT2D eigenvalue weighted by molar-refractivity contribution is -0.137. The van der Waals surface area contributed by atoms with Gasteiger partial charge in [0.15, 0.2) is 4.21 Å². The number of hydrogen-bond donors (Lipinski definition) is 1. The van der Waals surface area contributed by atoms with Crippen LogP contribution in [0.3, 0.4) is 0 Å². The molecule has 5 nitrogen and oxygen atoms in total. The fourth-order valence-corrected chi connectivity index (χ4v) is 3.40. The van der Waals surface area contributed by atoms with Gasteiger partial charge in [0, 0.05) is 5.69 Å². The molecule has 0 atom stereocenters. The number of hydrogen-bond acceptors (Lipinski definition) is 5. The minimum Gasteiger partial charge on any atom is -0.473 e. The number of nitrogens with one attached hydrogen (secondary N) is 1. The van der Waals surface area contributed by atoms with Gasteiger partial charge in [-0.3, -0.25) is 4.72 Å². The Morgan fingerprint density at radius 3 is 2.62 bits per heavy atom. The maximum Gasteiger partial charge on any atom is 0.416 e. The van der Waals surface area contributed by atoms with Gasteiger partial charge in [-0.15, -0.1) is 0 Å². The number of halogens is 3. The Hall–Kier alpha value is -1.81. The quantitative estimate of drug-likeness (QED) is 0.931. The summed E-state index contributed by atoms with van der Waals surface area (Å²) in [6.07, 6.45) is -3.48. The van der Waals surface area contributed by atoms with Crippen molar-refractivity contribution in [2.45, 2.75) is 10.4 Å². The van der Waals surface area contributed by atoms with Gasteiger partial charge in [-0.05, 0) is 18.2 Å². The van der Waals surface area contributed by atoms with E-state index in [0.29, 0.717) is 0 Å². The Morgan fingerprint density at radius 2 is 2.05 bits per heavy atom. The summed E-state index contributed by atoms with van der Waals surface area (Å²) >= 11 is 0.763. The molecule has 10 heteroatoms. The van der Waals surface area contributed by atoms with E-state index in [2.05, 4.69) is 9.71 Å². The van der Waals surface area contributed by atoms with E-state index in [4.69, 9.17) is 4.74 Å². The topological polar surface area (TPSA) is 68.3 Å². The van der Waals surface area contributed by atoms with Crippen LogP contribution in [0.25, 0.3) is 0 Å². The molecule has 0 aliphatic rings. The molecule has 0 spiro atoms. The van der Waals surface area contributed by atoms with Gasteiger partial charge in [-0.25, -0.2) is 13.4 Å². The van der Waals surface area contributed by atoms with Gasteiger partial charge >= 0.3 is 6.18 Å². The van der Waals surface area contributed by atoms with Crippen molar-refractivity contribution in [1.82, 2.24) is 4.98 Å². The van der Waals surface area contributed by atoms with Crippen molar-refractivity contribution in [3.05, 3.63) is 36.0 Å². The molecule has 21 heavy (non-hydrogen) atoms. The van der Waals surface area contributed by atoms with Crippen LogP contribution in [0, 0.1) is 0 Å². The summed E-state index contributed by atoms with van der Waals surface area (Å²) in [7, 11) is -2.68. The zero-order chi connectivity index (χ0) is 15.7. The zero-order valence-electron chi connectivity index (χ0n) is 10.5. The predicted octanol–water partition coefficient (Wildman–Crippen LogP) is 2.97. The fraction of sp³-hybridized carbons (Fsp3) is 0.182. The van der Waals surface area contributed by atoms with E-state index in [-0.39, 0.29) is 15.1 Å². The molecular formula is C11H9F3N2O3S2. The number of nitrogens with zero attached hydrogens (tertiary/aromatic N) is 1. The van der Waals surface area contributed by atoms with Crippen LogP contribution in [0.5, 0.6) is 5.19 Å². The number of ether oxygens (including phenoxy) is 1. The summed E-state index contributed by atoms with van der Waals surface area (Å²) in [5.41, 5.74) is -1.12. The van der Waals surface area contributed by atoms with Crippen molar-refractivity contribution in [3.8, 4) is 5.19 Å². The third-order valence-corrected chi connectivity index (χ3v) is 5.15. The number of sulfonamides is 1. The molecule has 0 aliphatic carbocycles. The summed E-state index contributed by atoms with van der Waals surface area (Å²) in [6.45, 7) is 0. The van der Waals surface area contributed by atoms with Crippen molar-refractivity contribution < 1.29 is 26.3 Å². The molecule has 114 valence electrons. The van der Waals surface area contributed by atoms with Crippen molar-refractivity contribution in [2.24, 2.45) is 0 Å². The number of rotatable bonds is 4. The Labute approximate surface area is 122 Å². The zero-order valence-corrected chi connectivity index (χ0v) is 12.1. The molecule has 1 aromatic carbocycles. The van der Waals surface area contributed by atoms with Crippen molar-refractivity contribution in [3.63, 3.8) is 0 Å². The first-order chi connectivity index (χ1) is 9.72. The third-order valence-electron chi connectivity index (χ3n) is 2.34. The second-order valence-corrected chi connectivity index (χ2v) is 6.74. The van der Waals surface area contributed by atoms with Crippen molar-refractivity contribution in [1.29, 1.82) is 0 Å². The summed E-state index contributed by atoms with van der Waals surface area (Å²) in [6, 6.07) is 3.92. The fourth-order valence-electron chi connectivity index (χ4n) is 1.43. The molecule has 0 bridgehead atoms. The van der Waals surface area contributed by atoms with Crippen LogP contribution < -0.4 is 9.46 Å². The number of anilines is 1. The minimum absolute atomic E-state index is 0.138. The predicted molar refractivity (Wildman–Crippen MR) is 70.9 cm³/mol. The molecule has 2 aromatic rings. The van der Waals surface area contributed by atoms with Gasteiger partial charge in [-0.1, -0.05) is 17.4 Å².